The fraction of sp³-hybridized carbons (Fsp3) is 0.600. The van der Waals surface area contributed by atoms with Crippen LogP contribution in [0, 0.1) is 19.8 Å². The van der Waals surface area contributed by atoms with Crippen LogP contribution < -0.4 is 10.6 Å². The van der Waals surface area contributed by atoms with E-state index in [1.165, 1.54) is 12.8 Å². The summed E-state index contributed by atoms with van der Waals surface area (Å²) < 4.78 is 7.59. The van der Waals surface area contributed by atoms with Crippen molar-refractivity contribution in [2.45, 2.75) is 46.2 Å². The van der Waals surface area contributed by atoms with Gasteiger partial charge in [0.2, 0.25) is 0 Å². The number of nitrogens with zero attached hydrogens (tertiary/aromatic N) is 3. The molecule has 2 aromatic heterocycles. The van der Waals surface area contributed by atoms with Crippen LogP contribution in [0.5, 0.6) is 0 Å². The number of likely N-dealkylation sites (tertiary alicyclic amines) is 1. The maximum Gasteiger partial charge on any atom is 0.314 e. The lowest BCUT2D eigenvalue weighted by Gasteiger charge is -2.26. The molecule has 0 aromatic carbocycles. The zero-order valence-electron chi connectivity index (χ0n) is 16.6. The van der Waals surface area contributed by atoms with Gasteiger partial charge in [0.1, 0.15) is 5.76 Å². The topological polar surface area (TPSA) is 75.3 Å². The molecule has 2 unspecified atom stereocenters. The summed E-state index contributed by atoms with van der Waals surface area (Å²) in [5.41, 5.74) is 2.17. The van der Waals surface area contributed by atoms with Crippen LogP contribution in [0.2, 0.25) is 0 Å². The highest BCUT2D eigenvalue weighted by Crippen LogP contribution is 2.24. The highest BCUT2D eigenvalue weighted by Gasteiger charge is 2.25. The van der Waals surface area contributed by atoms with Crippen LogP contribution in [0.1, 0.15) is 43.0 Å². The third kappa shape index (κ3) is 5.35. The maximum absolute atomic E-state index is 12.3. The summed E-state index contributed by atoms with van der Waals surface area (Å²) in [6.45, 7) is 10.2. The minimum absolute atomic E-state index is 0.0976. The van der Waals surface area contributed by atoms with E-state index in [0.717, 1.165) is 36.8 Å². The van der Waals surface area contributed by atoms with Crippen molar-refractivity contribution in [3.8, 4) is 0 Å². The van der Waals surface area contributed by atoms with E-state index in [0.29, 0.717) is 19.0 Å². The third-order valence-corrected chi connectivity index (χ3v) is 5.11. The Morgan fingerprint density at radius 1 is 1.26 bits per heavy atom. The third-order valence-electron chi connectivity index (χ3n) is 5.11. The second kappa shape index (κ2) is 9.08. The first-order valence-electron chi connectivity index (χ1n) is 9.83. The van der Waals surface area contributed by atoms with Crippen LogP contribution in [0.15, 0.2) is 28.9 Å². The summed E-state index contributed by atoms with van der Waals surface area (Å²) in [5.74, 6) is 1.21. The Kier molecular flexibility index (Phi) is 6.55. The van der Waals surface area contributed by atoms with Gasteiger partial charge in [-0.15, -0.1) is 0 Å². The number of amides is 2. The lowest BCUT2D eigenvalue weighted by atomic mass is 10.2. The van der Waals surface area contributed by atoms with E-state index in [-0.39, 0.29) is 12.1 Å². The first-order valence-corrected chi connectivity index (χ1v) is 9.83. The van der Waals surface area contributed by atoms with Gasteiger partial charge in [0, 0.05) is 25.3 Å². The Labute approximate surface area is 161 Å². The normalized spacial score (nSPS) is 17.0. The van der Waals surface area contributed by atoms with E-state index in [4.69, 9.17) is 4.42 Å². The highest BCUT2D eigenvalue weighted by molar-refractivity contribution is 5.73. The number of carbonyl (C=O) groups excluding carboxylic acids is 1. The van der Waals surface area contributed by atoms with Crippen molar-refractivity contribution in [1.82, 2.24) is 25.3 Å². The summed E-state index contributed by atoms with van der Waals surface area (Å²) in [7, 11) is 0. The number of furan rings is 1. The molecule has 27 heavy (non-hydrogen) atoms. The molecule has 0 radical (unpaired) electrons. The summed E-state index contributed by atoms with van der Waals surface area (Å²) in [4.78, 5) is 14.6. The quantitative estimate of drug-likeness (QED) is 0.746. The van der Waals surface area contributed by atoms with Gasteiger partial charge in [-0.1, -0.05) is 6.92 Å². The molecule has 2 N–H and O–H groups in total. The van der Waals surface area contributed by atoms with Gasteiger partial charge in [-0.05, 0) is 63.9 Å². The molecule has 3 heterocycles. The molecule has 2 amide bonds. The van der Waals surface area contributed by atoms with Gasteiger partial charge in [0.15, 0.2) is 0 Å². The monoisotopic (exact) mass is 373 g/mol. The van der Waals surface area contributed by atoms with Crippen LogP contribution in [0.3, 0.4) is 0 Å². The van der Waals surface area contributed by atoms with Crippen molar-refractivity contribution in [2.75, 3.05) is 26.2 Å². The molecule has 3 rings (SSSR count). The average molecular weight is 374 g/mol. The van der Waals surface area contributed by atoms with E-state index < -0.39 is 0 Å². The van der Waals surface area contributed by atoms with Gasteiger partial charge in [-0.25, -0.2) is 4.79 Å². The summed E-state index contributed by atoms with van der Waals surface area (Å²) in [6, 6.07) is 5.92. The van der Waals surface area contributed by atoms with Crippen LogP contribution in [-0.4, -0.2) is 46.9 Å². The van der Waals surface area contributed by atoms with E-state index in [9.17, 15) is 4.79 Å². The predicted octanol–water partition coefficient (Wildman–Crippen LogP) is 2.87. The van der Waals surface area contributed by atoms with Gasteiger partial charge in [-0.3, -0.25) is 9.58 Å². The van der Waals surface area contributed by atoms with E-state index in [2.05, 4.69) is 40.5 Å². The number of urea groups is 1. The SMILES string of the molecule is Cc1cc(C)n(CC(C)CNC(=O)NCC(c2ccco2)N2CCCC2)n1. The summed E-state index contributed by atoms with van der Waals surface area (Å²) in [5, 5.41) is 10.5. The standard InChI is InChI=1S/C20H31N5O2/c1-15(14-25-17(3)11-16(2)23-25)12-21-20(26)22-13-18(19-7-6-10-27-19)24-8-4-5-9-24/h6-7,10-11,15,18H,4-5,8-9,12-14H2,1-3H3,(H2,21,22,26). The van der Waals surface area contributed by atoms with Crippen molar-refractivity contribution in [3.63, 3.8) is 0 Å². The van der Waals surface area contributed by atoms with E-state index >= 15 is 0 Å². The molecule has 0 bridgehead atoms. The van der Waals surface area contributed by atoms with E-state index in [1.807, 2.05) is 23.7 Å². The molecule has 7 nitrogen and oxygen atoms in total. The zero-order chi connectivity index (χ0) is 19.2. The number of aryl methyl sites for hydroxylation is 2. The molecule has 2 aromatic rings. The van der Waals surface area contributed by atoms with Crippen molar-refractivity contribution in [2.24, 2.45) is 5.92 Å². The largest absolute Gasteiger partial charge is 0.468 e. The molecule has 1 aliphatic heterocycles. The first kappa shape index (κ1) is 19.5. The minimum atomic E-state index is -0.133. The number of hydrogen-bond acceptors (Lipinski definition) is 4. The molecule has 0 saturated carbocycles. The van der Waals surface area contributed by atoms with Crippen LogP contribution >= 0.6 is 0 Å². The summed E-state index contributed by atoms with van der Waals surface area (Å²) >= 11 is 0. The van der Waals surface area contributed by atoms with Crippen molar-refractivity contribution in [1.29, 1.82) is 0 Å². The van der Waals surface area contributed by atoms with Gasteiger partial charge >= 0.3 is 6.03 Å². The smallest absolute Gasteiger partial charge is 0.314 e. The Balaban J connectivity index is 1.44. The summed E-state index contributed by atoms with van der Waals surface area (Å²) in [6.07, 6.45) is 4.10. The Hall–Kier alpha value is -2.28. The zero-order valence-corrected chi connectivity index (χ0v) is 16.6. The molecule has 148 valence electrons. The molecular formula is C20H31N5O2. The van der Waals surface area contributed by atoms with Gasteiger partial charge in [-0.2, -0.15) is 5.10 Å². The number of carbonyl (C=O) groups is 1. The van der Waals surface area contributed by atoms with Crippen LogP contribution in [0.4, 0.5) is 4.79 Å². The second-order valence-electron chi connectivity index (χ2n) is 7.58. The van der Waals surface area contributed by atoms with Crippen LogP contribution in [0.25, 0.3) is 0 Å². The Morgan fingerprint density at radius 2 is 2.00 bits per heavy atom. The number of nitrogens with one attached hydrogen (secondary N) is 2. The first-order chi connectivity index (χ1) is 13.0. The van der Waals surface area contributed by atoms with Crippen molar-refractivity contribution >= 4 is 6.03 Å². The highest BCUT2D eigenvalue weighted by atomic mass is 16.3. The average Bonchev–Trinajstić information content (AvgIpc) is 3.37. The van der Waals surface area contributed by atoms with E-state index in [1.54, 1.807) is 6.26 Å². The Morgan fingerprint density at radius 3 is 2.63 bits per heavy atom. The lowest BCUT2D eigenvalue weighted by Crippen LogP contribution is -2.43. The lowest BCUT2D eigenvalue weighted by molar-refractivity contribution is 0.202. The minimum Gasteiger partial charge on any atom is -0.468 e. The molecule has 2 atom stereocenters. The predicted molar refractivity (Wildman–Crippen MR) is 105 cm³/mol. The van der Waals surface area contributed by atoms with Crippen molar-refractivity contribution < 1.29 is 9.21 Å². The van der Waals surface area contributed by atoms with Gasteiger partial charge < -0.3 is 15.1 Å². The number of rotatable bonds is 8. The fourth-order valence-electron chi connectivity index (χ4n) is 3.68. The molecule has 1 fully saturated rings. The number of aromatic nitrogens is 2. The van der Waals surface area contributed by atoms with Crippen LogP contribution in [-0.2, 0) is 6.54 Å². The van der Waals surface area contributed by atoms with Crippen molar-refractivity contribution in [3.05, 3.63) is 41.6 Å². The molecule has 0 spiro atoms. The second-order valence-corrected chi connectivity index (χ2v) is 7.58. The Bertz CT molecular complexity index is 719. The van der Waals surface area contributed by atoms with Gasteiger partial charge in [0.25, 0.3) is 0 Å². The molecule has 0 aliphatic carbocycles. The maximum atomic E-state index is 12.3. The molecular weight excluding hydrogens is 342 g/mol. The van der Waals surface area contributed by atoms with Gasteiger partial charge in [0.05, 0.1) is 18.0 Å². The molecule has 1 aliphatic rings. The number of hydrogen-bond donors (Lipinski definition) is 2. The molecule has 1 saturated heterocycles. The molecule has 7 heteroatoms. The fourth-order valence-corrected chi connectivity index (χ4v) is 3.68.